The molecule has 3 N–H and O–H groups in total. The van der Waals surface area contributed by atoms with E-state index in [0.717, 1.165) is 29.4 Å². The molecule has 180 valence electrons. The van der Waals surface area contributed by atoms with Gasteiger partial charge >= 0.3 is 0 Å². The maximum Gasteiger partial charge on any atom is 0.251 e. The number of benzene rings is 1. The van der Waals surface area contributed by atoms with Crippen LogP contribution in [0.3, 0.4) is 0 Å². The zero-order valence-electron chi connectivity index (χ0n) is 19.8. The molecule has 1 fully saturated rings. The number of aromatic nitrogens is 4. The van der Waals surface area contributed by atoms with E-state index in [-0.39, 0.29) is 18.6 Å². The van der Waals surface area contributed by atoms with Crippen molar-refractivity contribution in [3.63, 3.8) is 0 Å². The molecule has 5 rings (SSSR count). The van der Waals surface area contributed by atoms with E-state index in [1.54, 1.807) is 36.0 Å². The molecule has 0 aliphatic carbocycles. The number of rotatable bonds is 7. The number of carbonyl (C=O) groups is 1. The highest BCUT2D eigenvalue weighted by Gasteiger charge is 2.21. The topological polar surface area (TPSA) is 108 Å². The van der Waals surface area contributed by atoms with Crippen molar-refractivity contribution in [2.24, 2.45) is 0 Å². The summed E-state index contributed by atoms with van der Waals surface area (Å²) in [5.41, 5.74) is 3.43. The summed E-state index contributed by atoms with van der Waals surface area (Å²) in [4.78, 5) is 24.2. The second-order valence-electron chi connectivity index (χ2n) is 8.97. The van der Waals surface area contributed by atoms with Gasteiger partial charge in [-0.15, -0.1) is 0 Å². The van der Waals surface area contributed by atoms with Gasteiger partial charge in [-0.25, -0.2) is 14.5 Å². The van der Waals surface area contributed by atoms with Crippen molar-refractivity contribution >= 4 is 28.9 Å². The van der Waals surface area contributed by atoms with Gasteiger partial charge in [-0.1, -0.05) is 18.2 Å². The van der Waals surface area contributed by atoms with E-state index in [2.05, 4.69) is 32.5 Å². The zero-order valence-corrected chi connectivity index (χ0v) is 19.8. The number of imidazole rings is 1. The summed E-state index contributed by atoms with van der Waals surface area (Å²) in [6, 6.07) is 15.3. The van der Waals surface area contributed by atoms with Crippen LogP contribution in [-0.2, 0) is 0 Å². The van der Waals surface area contributed by atoms with Gasteiger partial charge in [-0.3, -0.25) is 4.79 Å². The molecule has 1 aliphatic rings. The zero-order chi connectivity index (χ0) is 24.4. The van der Waals surface area contributed by atoms with E-state index in [1.165, 1.54) is 12.8 Å². The van der Waals surface area contributed by atoms with Gasteiger partial charge in [0.15, 0.2) is 5.65 Å². The van der Waals surface area contributed by atoms with Crippen LogP contribution < -0.4 is 15.5 Å². The van der Waals surface area contributed by atoms with Crippen LogP contribution in [-0.4, -0.2) is 55.8 Å². The van der Waals surface area contributed by atoms with E-state index in [9.17, 15) is 9.90 Å². The van der Waals surface area contributed by atoms with E-state index in [4.69, 9.17) is 4.98 Å². The smallest absolute Gasteiger partial charge is 0.251 e. The van der Waals surface area contributed by atoms with Crippen molar-refractivity contribution in [1.29, 1.82) is 0 Å². The molecule has 0 saturated carbocycles. The van der Waals surface area contributed by atoms with Crippen LogP contribution >= 0.6 is 0 Å². The van der Waals surface area contributed by atoms with Gasteiger partial charge < -0.3 is 20.6 Å². The molecule has 1 aromatic carbocycles. The van der Waals surface area contributed by atoms with Crippen molar-refractivity contribution in [3.8, 4) is 11.3 Å². The molecule has 2 atom stereocenters. The number of carbonyl (C=O) groups excluding carboxylic acids is 1. The first-order valence-corrected chi connectivity index (χ1v) is 11.9. The summed E-state index contributed by atoms with van der Waals surface area (Å²) in [6.07, 6.45) is 5.85. The third-order valence-corrected chi connectivity index (χ3v) is 6.28. The summed E-state index contributed by atoms with van der Waals surface area (Å²) < 4.78 is 1.71. The van der Waals surface area contributed by atoms with Crippen molar-refractivity contribution in [2.75, 3.05) is 23.4 Å². The number of hydrogen-bond donors (Lipinski definition) is 3. The van der Waals surface area contributed by atoms with E-state index in [1.807, 2.05) is 36.4 Å². The molecule has 3 aromatic heterocycles. The quantitative estimate of drug-likeness (QED) is 0.378. The van der Waals surface area contributed by atoms with Crippen LogP contribution in [0.15, 0.2) is 60.9 Å². The second-order valence-corrected chi connectivity index (χ2v) is 8.97. The molecular formula is C26H29N7O2. The number of pyridine rings is 1. The van der Waals surface area contributed by atoms with Crippen LogP contribution in [0.2, 0.25) is 0 Å². The van der Waals surface area contributed by atoms with Crippen molar-refractivity contribution < 1.29 is 9.90 Å². The summed E-state index contributed by atoms with van der Waals surface area (Å²) in [7, 11) is 0. The first kappa shape index (κ1) is 22.8. The monoisotopic (exact) mass is 471 g/mol. The number of fused-ring (bicyclic) bond motifs is 1. The predicted molar refractivity (Wildman–Crippen MR) is 136 cm³/mol. The molecule has 2 unspecified atom stereocenters. The molecule has 1 aliphatic heterocycles. The molecule has 0 spiro atoms. The number of aliphatic hydroxyl groups excluding tert-OH is 1. The maximum absolute atomic E-state index is 12.6. The Morgan fingerprint density at radius 2 is 2.09 bits per heavy atom. The number of anilines is 3. The molecule has 1 saturated heterocycles. The lowest BCUT2D eigenvalue weighted by atomic mass is 10.1. The maximum atomic E-state index is 12.6. The Bertz CT molecular complexity index is 1350. The van der Waals surface area contributed by atoms with Crippen LogP contribution in [0.4, 0.5) is 17.3 Å². The Morgan fingerprint density at radius 1 is 1.23 bits per heavy atom. The van der Waals surface area contributed by atoms with Gasteiger partial charge in [0.25, 0.3) is 5.91 Å². The average Bonchev–Trinajstić information content (AvgIpc) is 3.53. The fraction of sp³-hybridized carbons (Fsp3) is 0.308. The normalized spacial score (nSPS) is 16.4. The third kappa shape index (κ3) is 4.81. The van der Waals surface area contributed by atoms with Gasteiger partial charge in [0.2, 0.25) is 0 Å². The summed E-state index contributed by atoms with van der Waals surface area (Å²) in [5, 5.41) is 20.1. The molecule has 35 heavy (non-hydrogen) atoms. The van der Waals surface area contributed by atoms with E-state index in [0.29, 0.717) is 22.9 Å². The molecule has 4 heterocycles. The lowest BCUT2D eigenvalue weighted by molar-refractivity contribution is 0.0922. The number of hydrogen-bond acceptors (Lipinski definition) is 7. The fourth-order valence-corrected chi connectivity index (χ4v) is 4.39. The molecule has 9 heteroatoms. The van der Waals surface area contributed by atoms with Gasteiger partial charge in [-0.2, -0.15) is 5.10 Å². The van der Waals surface area contributed by atoms with Crippen molar-refractivity contribution in [3.05, 3.63) is 66.5 Å². The lowest BCUT2D eigenvalue weighted by Gasteiger charge is -2.23. The van der Waals surface area contributed by atoms with Crippen molar-refractivity contribution in [1.82, 2.24) is 24.9 Å². The van der Waals surface area contributed by atoms with Crippen LogP contribution in [0.5, 0.6) is 0 Å². The average molecular weight is 472 g/mol. The highest BCUT2D eigenvalue weighted by atomic mass is 16.3. The van der Waals surface area contributed by atoms with E-state index < -0.39 is 0 Å². The Kier molecular flexibility index (Phi) is 6.33. The molecule has 0 radical (unpaired) electrons. The molecule has 0 bridgehead atoms. The van der Waals surface area contributed by atoms with Gasteiger partial charge in [0.1, 0.15) is 11.6 Å². The SMILES string of the molecule is CC(CO)NC(=O)c1cccc(-c2cc(Nc3cccc(N4CCCC4C)n3)c3nccn3n2)c1. The Balaban J connectivity index is 1.47. The minimum absolute atomic E-state index is 0.120. The van der Waals surface area contributed by atoms with Gasteiger partial charge in [0, 0.05) is 42.1 Å². The van der Waals surface area contributed by atoms with Crippen molar-refractivity contribution in [2.45, 2.75) is 38.8 Å². The van der Waals surface area contributed by atoms with Gasteiger partial charge in [-0.05, 0) is 57.0 Å². The number of aliphatic hydroxyl groups is 1. The van der Waals surface area contributed by atoms with Crippen LogP contribution in [0.25, 0.3) is 16.9 Å². The number of nitrogens with one attached hydrogen (secondary N) is 2. The first-order valence-electron chi connectivity index (χ1n) is 11.9. The van der Waals surface area contributed by atoms with Crippen LogP contribution in [0.1, 0.15) is 37.0 Å². The second kappa shape index (κ2) is 9.71. The van der Waals surface area contributed by atoms with Crippen LogP contribution in [0, 0.1) is 0 Å². The van der Waals surface area contributed by atoms with E-state index >= 15 is 0 Å². The largest absolute Gasteiger partial charge is 0.394 e. The Labute approximate surface area is 203 Å². The van der Waals surface area contributed by atoms with Gasteiger partial charge in [0.05, 0.1) is 18.0 Å². The predicted octanol–water partition coefficient (Wildman–Crippen LogP) is 3.63. The molecule has 1 amide bonds. The first-order chi connectivity index (χ1) is 17.0. The highest BCUT2D eigenvalue weighted by Crippen LogP contribution is 2.28. The summed E-state index contributed by atoms with van der Waals surface area (Å²) >= 11 is 0. The Morgan fingerprint density at radius 3 is 2.89 bits per heavy atom. The Hall–Kier alpha value is -3.98. The number of amides is 1. The molecular weight excluding hydrogens is 442 g/mol. The molecule has 4 aromatic rings. The summed E-state index contributed by atoms with van der Waals surface area (Å²) in [5.74, 6) is 1.45. The highest BCUT2D eigenvalue weighted by molar-refractivity contribution is 5.95. The minimum atomic E-state index is -0.325. The molecule has 9 nitrogen and oxygen atoms in total. The number of nitrogens with zero attached hydrogens (tertiary/aromatic N) is 5. The minimum Gasteiger partial charge on any atom is -0.394 e. The lowest BCUT2D eigenvalue weighted by Crippen LogP contribution is -2.34. The third-order valence-electron chi connectivity index (χ3n) is 6.28. The standard InChI is InChI=1S/C26H29N7O2/c1-17(16-34)28-26(35)20-8-3-7-19(14-20)21-15-22(25-27-11-13-33(25)31-21)29-23-9-4-10-24(30-23)32-12-5-6-18(32)2/h3-4,7-11,13-15,17-18,34H,5-6,12,16H2,1-2H3,(H,28,35)(H,29,30). The summed E-state index contributed by atoms with van der Waals surface area (Å²) in [6.45, 7) is 4.88. The fourth-order valence-electron chi connectivity index (χ4n) is 4.39.